The van der Waals surface area contributed by atoms with Crippen LogP contribution in [-0.4, -0.2) is 28.3 Å². The Bertz CT molecular complexity index is 533. The van der Waals surface area contributed by atoms with Gasteiger partial charge in [-0.25, -0.2) is 0 Å². The SMILES string of the molecule is CCC1CCCCN1C(=O)c1cccc(Cl)c1[N+](=O)[O-]. The Labute approximate surface area is 122 Å². The molecule has 6 heteroatoms. The number of nitro benzene ring substituents is 1. The van der Waals surface area contributed by atoms with Crippen LogP contribution < -0.4 is 0 Å². The van der Waals surface area contributed by atoms with Crippen LogP contribution in [0, 0.1) is 10.1 Å². The van der Waals surface area contributed by atoms with Crippen molar-refractivity contribution in [2.75, 3.05) is 6.54 Å². The van der Waals surface area contributed by atoms with Crippen LogP contribution in [0.25, 0.3) is 0 Å². The molecule has 2 rings (SSSR count). The molecule has 1 aliphatic rings. The molecule has 0 bridgehead atoms. The average Bonchev–Trinajstić information content (AvgIpc) is 2.45. The van der Waals surface area contributed by atoms with E-state index in [9.17, 15) is 14.9 Å². The second-order valence-electron chi connectivity index (χ2n) is 4.95. The number of likely N-dealkylation sites (tertiary alicyclic amines) is 1. The van der Waals surface area contributed by atoms with Crippen LogP contribution in [-0.2, 0) is 0 Å². The van der Waals surface area contributed by atoms with Gasteiger partial charge in [0.1, 0.15) is 10.6 Å². The van der Waals surface area contributed by atoms with Crippen molar-refractivity contribution >= 4 is 23.2 Å². The molecule has 0 aromatic heterocycles. The molecule has 5 nitrogen and oxygen atoms in total. The summed E-state index contributed by atoms with van der Waals surface area (Å²) in [6.07, 6.45) is 3.85. The number of amides is 1. The van der Waals surface area contributed by atoms with Crippen LogP contribution in [0.5, 0.6) is 0 Å². The fourth-order valence-electron chi connectivity index (χ4n) is 2.72. The van der Waals surface area contributed by atoms with Gasteiger partial charge in [0.15, 0.2) is 0 Å². The van der Waals surface area contributed by atoms with Crippen molar-refractivity contribution < 1.29 is 9.72 Å². The van der Waals surface area contributed by atoms with E-state index in [2.05, 4.69) is 0 Å². The molecule has 1 atom stereocenters. The lowest BCUT2D eigenvalue weighted by molar-refractivity contribution is -0.385. The number of piperidine rings is 1. The second kappa shape index (κ2) is 6.22. The normalized spacial score (nSPS) is 18.9. The Kier molecular flexibility index (Phi) is 4.60. The highest BCUT2D eigenvalue weighted by Gasteiger charge is 2.31. The summed E-state index contributed by atoms with van der Waals surface area (Å²) in [6.45, 7) is 2.68. The van der Waals surface area contributed by atoms with Crippen molar-refractivity contribution in [2.24, 2.45) is 0 Å². The van der Waals surface area contributed by atoms with E-state index in [0.29, 0.717) is 6.54 Å². The first-order valence-electron chi connectivity index (χ1n) is 6.80. The fraction of sp³-hybridized carbons (Fsp3) is 0.500. The van der Waals surface area contributed by atoms with Gasteiger partial charge >= 0.3 is 5.69 Å². The Morgan fingerprint density at radius 2 is 2.25 bits per heavy atom. The van der Waals surface area contributed by atoms with Crippen LogP contribution in [0.1, 0.15) is 43.0 Å². The number of rotatable bonds is 3. The van der Waals surface area contributed by atoms with E-state index in [1.165, 1.54) is 12.1 Å². The molecular formula is C14H17ClN2O3. The topological polar surface area (TPSA) is 63.5 Å². The maximum atomic E-state index is 12.6. The summed E-state index contributed by atoms with van der Waals surface area (Å²) in [5, 5.41) is 11.1. The smallest absolute Gasteiger partial charge is 0.300 e. The van der Waals surface area contributed by atoms with E-state index < -0.39 is 4.92 Å². The number of nitrogens with zero attached hydrogens (tertiary/aromatic N) is 2. The molecule has 108 valence electrons. The number of hydrogen-bond acceptors (Lipinski definition) is 3. The zero-order chi connectivity index (χ0) is 14.7. The molecule has 1 unspecified atom stereocenters. The lowest BCUT2D eigenvalue weighted by Gasteiger charge is -2.35. The predicted molar refractivity (Wildman–Crippen MR) is 77.1 cm³/mol. The van der Waals surface area contributed by atoms with Crippen LogP contribution in [0.2, 0.25) is 5.02 Å². The van der Waals surface area contributed by atoms with Crippen molar-refractivity contribution in [3.63, 3.8) is 0 Å². The molecule has 1 aromatic carbocycles. The standard InChI is InChI=1S/C14H17ClN2O3/c1-2-10-6-3-4-9-16(10)14(18)11-7-5-8-12(15)13(11)17(19)20/h5,7-8,10H,2-4,6,9H2,1H3. The third-order valence-electron chi connectivity index (χ3n) is 3.76. The van der Waals surface area contributed by atoms with Gasteiger partial charge < -0.3 is 4.90 Å². The number of para-hydroxylation sites is 1. The number of benzene rings is 1. The van der Waals surface area contributed by atoms with Gasteiger partial charge in [-0.15, -0.1) is 0 Å². The summed E-state index contributed by atoms with van der Waals surface area (Å²) in [4.78, 5) is 24.9. The molecule has 1 aromatic rings. The highest BCUT2D eigenvalue weighted by Crippen LogP contribution is 2.31. The van der Waals surface area contributed by atoms with Gasteiger partial charge in [0.25, 0.3) is 5.91 Å². The zero-order valence-corrected chi connectivity index (χ0v) is 12.1. The minimum atomic E-state index is -0.583. The minimum Gasteiger partial charge on any atom is -0.335 e. The number of hydrogen-bond donors (Lipinski definition) is 0. The van der Waals surface area contributed by atoms with E-state index in [1.807, 2.05) is 6.92 Å². The van der Waals surface area contributed by atoms with Gasteiger partial charge in [0.05, 0.1) is 4.92 Å². The Hall–Kier alpha value is -1.62. The molecule has 0 N–H and O–H groups in total. The zero-order valence-electron chi connectivity index (χ0n) is 11.3. The maximum Gasteiger partial charge on any atom is 0.300 e. The lowest BCUT2D eigenvalue weighted by atomic mass is 9.98. The van der Waals surface area contributed by atoms with Crippen molar-refractivity contribution in [1.82, 2.24) is 4.90 Å². The Morgan fingerprint density at radius 3 is 2.90 bits per heavy atom. The molecule has 0 aliphatic carbocycles. The monoisotopic (exact) mass is 296 g/mol. The van der Waals surface area contributed by atoms with E-state index in [4.69, 9.17) is 11.6 Å². The highest BCUT2D eigenvalue weighted by atomic mass is 35.5. The van der Waals surface area contributed by atoms with E-state index in [0.717, 1.165) is 25.7 Å². The first kappa shape index (κ1) is 14.8. The first-order chi connectivity index (χ1) is 9.56. The fourth-order valence-corrected chi connectivity index (χ4v) is 2.96. The van der Waals surface area contributed by atoms with Crippen molar-refractivity contribution in [3.05, 3.63) is 38.9 Å². The summed E-state index contributed by atoms with van der Waals surface area (Å²) < 4.78 is 0. The van der Waals surface area contributed by atoms with Gasteiger partial charge in [-0.2, -0.15) is 0 Å². The van der Waals surface area contributed by atoms with Crippen LogP contribution in [0.4, 0.5) is 5.69 Å². The number of carbonyl (C=O) groups is 1. The Balaban J connectivity index is 2.38. The predicted octanol–water partition coefficient (Wildman–Crippen LogP) is 3.65. The van der Waals surface area contributed by atoms with Crippen molar-refractivity contribution in [2.45, 2.75) is 38.6 Å². The van der Waals surface area contributed by atoms with Gasteiger partial charge in [0.2, 0.25) is 0 Å². The third-order valence-corrected chi connectivity index (χ3v) is 4.06. The van der Waals surface area contributed by atoms with Gasteiger partial charge in [-0.05, 0) is 37.8 Å². The molecule has 1 saturated heterocycles. The molecule has 20 heavy (non-hydrogen) atoms. The van der Waals surface area contributed by atoms with E-state index in [-0.39, 0.29) is 28.2 Å². The van der Waals surface area contributed by atoms with Crippen LogP contribution in [0.15, 0.2) is 18.2 Å². The highest BCUT2D eigenvalue weighted by molar-refractivity contribution is 6.33. The second-order valence-corrected chi connectivity index (χ2v) is 5.36. The van der Waals surface area contributed by atoms with E-state index >= 15 is 0 Å². The largest absolute Gasteiger partial charge is 0.335 e. The summed E-state index contributed by atoms with van der Waals surface area (Å²) in [6, 6.07) is 4.65. The third kappa shape index (κ3) is 2.77. The Morgan fingerprint density at radius 1 is 1.50 bits per heavy atom. The summed E-state index contributed by atoms with van der Waals surface area (Å²) >= 11 is 5.87. The lowest BCUT2D eigenvalue weighted by Crippen LogP contribution is -2.43. The number of halogens is 1. The quantitative estimate of drug-likeness (QED) is 0.631. The average molecular weight is 297 g/mol. The number of carbonyl (C=O) groups excluding carboxylic acids is 1. The molecular weight excluding hydrogens is 280 g/mol. The first-order valence-corrected chi connectivity index (χ1v) is 7.18. The number of nitro groups is 1. The molecule has 1 fully saturated rings. The molecule has 1 heterocycles. The molecule has 0 saturated carbocycles. The van der Waals surface area contributed by atoms with Crippen LogP contribution in [0.3, 0.4) is 0 Å². The van der Waals surface area contributed by atoms with Gasteiger partial charge in [-0.1, -0.05) is 24.6 Å². The molecule has 0 radical (unpaired) electrons. The molecule has 1 amide bonds. The minimum absolute atomic E-state index is 0.00547. The van der Waals surface area contributed by atoms with Crippen molar-refractivity contribution in [3.8, 4) is 0 Å². The molecule has 0 spiro atoms. The summed E-state index contributed by atoms with van der Waals surface area (Å²) in [7, 11) is 0. The molecule has 1 aliphatic heterocycles. The maximum absolute atomic E-state index is 12.6. The van der Waals surface area contributed by atoms with E-state index in [1.54, 1.807) is 11.0 Å². The summed E-state index contributed by atoms with van der Waals surface area (Å²) in [5.74, 6) is -0.286. The van der Waals surface area contributed by atoms with Gasteiger partial charge in [-0.3, -0.25) is 14.9 Å². The van der Waals surface area contributed by atoms with Crippen LogP contribution >= 0.6 is 11.6 Å². The van der Waals surface area contributed by atoms with Crippen molar-refractivity contribution in [1.29, 1.82) is 0 Å². The van der Waals surface area contributed by atoms with Gasteiger partial charge in [0, 0.05) is 12.6 Å². The summed E-state index contributed by atoms with van der Waals surface area (Å²) in [5.41, 5.74) is -0.206.